The van der Waals surface area contributed by atoms with Gasteiger partial charge in [-0.1, -0.05) is 5.16 Å². The van der Waals surface area contributed by atoms with E-state index in [4.69, 9.17) is 13.7 Å². The zero-order valence-electron chi connectivity index (χ0n) is 15.9. The van der Waals surface area contributed by atoms with Gasteiger partial charge in [-0.2, -0.15) is 0 Å². The molecule has 4 aromatic rings. The van der Waals surface area contributed by atoms with Gasteiger partial charge in [0.2, 0.25) is 5.89 Å². The average Bonchev–Trinajstić information content (AvgIpc) is 3.53. The Hall–Kier alpha value is -3.61. The standard InChI is InChI=1S/C22H19N3O4/c1-27-16-7-4-14(5-8-16)21-23-18(13-28-21)20-17-12-15(6-9-19(17)29-24-20)22(26)25-10-2-3-11-25/h4-9,12-13H,2-3,10-11H2,1H3. The number of carbonyl (C=O) groups excluding carboxylic acids is 1. The van der Waals surface area contributed by atoms with Crippen molar-refractivity contribution in [3.63, 3.8) is 0 Å². The van der Waals surface area contributed by atoms with Crippen molar-refractivity contribution in [2.24, 2.45) is 0 Å². The van der Waals surface area contributed by atoms with E-state index in [9.17, 15) is 4.79 Å². The molecular formula is C22H19N3O4. The first-order valence-electron chi connectivity index (χ1n) is 9.52. The molecule has 2 aromatic heterocycles. The molecule has 0 atom stereocenters. The number of benzene rings is 2. The van der Waals surface area contributed by atoms with Crippen LogP contribution in [0.2, 0.25) is 0 Å². The molecular weight excluding hydrogens is 370 g/mol. The van der Waals surface area contributed by atoms with Gasteiger partial charge in [0.05, 0.1) is 12.5 Å². The summed E-state index contributed by atoms with van der Waals surface area (Å²) in [5.74, 6) is 1.27. The van der Waals surface area contributed by atoms with Crippen LogP contribution in [0.5, 0.6) is 5.75 Å². The lowest BCUT2D eigenvalue weighted by molar-refractivity contribution is 0.0793. The predicted molar refractivity (Wildman–Crippen MR) is 107 cm³/mol. The Labute approximate surface area is 166 Å². The Morgan fingerprint density at radius 3 is 2.66 bits per heavy atom. The minimum atomic E-state index is 0.0376. The summed E-state index contributed by atoms with van der Waals surface area (Å²) in [6, 6.07) is 12.8. The number of hydrogen-bond acceptors (Lipinski definition) is 6. The second-order valence-corrected chi connectivity index (χ2v) is 7.01. The highest BCUT2D eigenvalue weighted by Crippen LogP contribution is 2.31. The average molecular weight is 389 g/mol. The molecule has 0 saturated carbocycles. The first-order chi connectivity index (χ1) is 14.2. The Morgan fingerprint density at radius 1 is 1.10 bits per heavy atom. The highest BCUT2D eigenvalue weighted by atomic mass is 16.5. The second-order valence-electron chi connectivity index (χ2n) is 7.01. The quantitative estimate of drug-likeness (QED) is 0.515. The van der Waals surface area contributed by atoms with Crippen molar-refractivity contribution in [2.75, 3.05) is 20.2 Å². The maximum absolute atomic E-state index is 12.7. The molecule has 1 aliphatic rings. The van der Waals surface area contributed by atoms with Crippen LogP contribution in [0.15, 0.2) is 57.7 Å². The lowest BCUT2D eigenvalue weighted by Gasteiger charge is -2.14. The summed E-state index contributed by atoms with van der Waals surface area (Å²) < 4.78 is 16.3. The zero-order chi connectivity index (χ0) is 19.8. The van der Waals surface area contributed by atoms with Crippen LogP contribution < -0.4 is 4.74 Å². The van der Waals surface area contributed by atoms with Crippen molar-refractivity contribution in [3.05, 3.63) is 54.3 Å². The summed E-state index contributed by atoms with van der Waals surface area (Å²) in [7, 11) is 1.62. The number of amides is 1. The van der Waals surface area contributed by atoms with E-state index in [0.29, 0.717) is 28.4 Å². The third-order valence-electron chi connectivity index (χ3n) is 5.19. The molecule has 3 heterocycles. The Balaban J connectivity index is 1.49. The Bertz CT molecular complexity index is 1170. The summed E-state index contributed by atoms with van der Waals surface area (Å²) in [6.07, 6.45) is 3.66. The molecule has 29 heavy (non-hydrogen) atoms. The van der Waals surface area contributed by atoms with Crippen molar-refractivity contribution >= 4 is 16.9 Å². The minimum absolute atomic E-state index is 0.0376. The van der Waals surface area contributed by atoms with Gasteiger partial charge >= 0.3 is 0 Å². The summed E-state index contributed by atoms with van der Waals surface area (Å²) in [5, 5.41) is 4.90. The monoisotopic (exact) mass is 389 g/mol. The van der Waals surface area contributed by atoms with Gasteiger partial charge in [-0.3, -0.25) is 4.79 Å². The lowest BCUT2D eigenvalue weighted by atomic mass is 10.1. The van der Waals surface area contributed by atoms with Crippen LogP contribution in [0.25, 0.3) is 33.8 Å². The number of ether oxygens (including phenoxy) is 1. The summed E-state index contributed by atoms with van der Waals surface area (Å²) in [6.45, 7) is 1.61. The summed E-state index contributed by atoms with van der Waals surface area (Å²) >= 11 is 0. The van der Waals surface area contributed by atoms with E-state index in [1.165, 1.54) is 0 Å². The van der Waals surface area contributed by atoms with Crippen LogP contribution in [0.1, 0.15) is 23.2 Å². The van der Waals surface area contributed by atoms with E-state index in [1.54, 1.807) is 25.5 Å². The van der Waals surface area contributed by atoms with E-state index in [-0.39, 0.29) is 5.91 Å². The number of likely N-dealkylation sites (tertiary alicyclic amines) is 1. The third kappa shape index (κ3) is 3.14. The minimum Gasteiger partial charge on any atom is -0.497 e. The van der Waals surface area contributed by atoms with Crippen LogP contribution in [0.3, 0.4) is 0 Å². The molecule has 1 amide bonds. The summed E-state index contributed by atoms with van der Waals surface area (Å²) in [4.78, 5) is 19.2. The van der Waals surface area contributed by atoms with Crippen LogP contribution in [-0.2, 0) is 0 Å². The van der Waals surface area contributed by atoms with Crippen molar-refractivity contribution in [1.29, 1.82) is 0 Å². The molecule has 2 aromatic carbocycles. The first-order valence-corrected chi connectivity index (χ1v) is 9.52. The number of aromatic nitrogens is 2. The molecule has 5 rings (SSSR count). The molecule has 1 aliphatic heterocycles. The number of rotatable bonds is 4. The lowest BCUT2D eigenvalue weighted by Crippen LogP contribution is -2.27. The van der Waals surface area contributed by atoms with Crippen LogP contribution in [0, 0.1) is 0 Å². The first kappa shape index (κ1) is 17.5. The van der Waals surface area contributed by atoms with E-state index >= 15 is 0 Å². The Kier molecular flexibility index (Phi) is 4.27. The summed E-state index contributed by atoms with van der Waals surface area (Å²) in [5.41, 5.74) is 3.17. The normalized spacial score (nSPS) is 13.9. The fourth-order valence-corrected chi connectivity index (χ4v) is 3.61. The molecule has 1 fully saturated rings. The molecule has 0 radical (unpaired) electrons. The van der Waals surface area contributed by atoms with E-state index in [2.05, 4.69) is 10.1 Å². The van der Waals surface area contributed by atoms with Gasteiger partial charge in [0.1, 0.15) is 23.4 Å². The Morgan fingerprint density at radius 2 is 1.90 bits per heavy atom. The maximum atomic E-state index is 12.7. The molecule has 7 heteroatoms. The molecule has 0 N–H and O–H groups in total. The SMILES string of the molecule is COc1ccc(-c2nc(-c3noc4ccc(C(=O)N5CCCC5)cc34)co2)cc1. The highest BCUT2D eigenvalue weighted by molar-refractivity contribution is 6.00. The van der Waals surface area contributed by atoms with Gasteiger partial charge in [0.25, 0.3) is 5.91 Å². The number of fused-ring (bicyclic) bond motifs is 1. The maximum Gasteiger partial charge on any atom is 0.253 e. The number of carbonyl (C=O) groups is 1. The topological polar surface area (TPSA) is 81.6 Å². The van der Waals surface area contributed by atoms with Crippen molar-refractivity contribution < 1.29 is 18.5 Å². The molecule has 1 saturated heterocycles. The molecule has 0 aliphatic carbocycles. The largest absolute Gasteiger partial charge is 0.497 e. The van der Waals surface area contributed by atoms with Crippen LogP contribution >= 0.6 is 0 Å². The van der Waals surface area contributed by atoms with Gasteiger partial charge < -0.3 is 18.6 Å². The molecule has 7 nitrogen and oxygen atoms in total. The van der Waals surface area contributed by atoms with Crippen molar-refractivity contribution in [1.82, 2.24) is 15.0 Å². The number of nitrogens with zero attached hydrogens (tertiary/aromatic N) is 3. The van der Waals surface area contributed by atoms with E-state index < -0.39 is 0 Å². The van der Waals surface area contributed by atoms with E-state index in [1.807, 2.05) is 35.2 Å². The number of hydrogen-bond donors (Lipinski definition) is 0. The predicted octanol–water partition coefficient (Wildman–Crippen LogP) is 4.39. The zero-order valence-corrected chi connectivity index (χ0v) is 15.9. The van der Waals surface area contributed by atoms with Crippen LogP contribution in [0.4, 0.5) is 0 Å². The van der Waals surface area contributed by atoms with Gasteiger partial charge in [-0.15, -0.1) is 0 Å². The van der Waals surface area contributed by atoms with Gasteiger partial charge in [-0.05, 0) is 55.3 Å². The second kappa shape index (κ2) is 7.09. The van der Waals surface area contributed by atoms with Gasteiger partial charge in [0, 0.05) is 24.2 Å². The van der Waals surface area contributed by atoms with Crippen LogP contribution in [-0.4, -0.2) is 41.1 Å². The van der Waals surface area contributed by atoms with Crippen molar-refractivity contribution in [2.45, 2.75) is 12.8 Å². The van der Waals surface area contributed by atoms with Gasteiger partial charge in [-0.25, -0.2) is 4.98 Å². The molecule has 0 spiro atoms. The number of methoxy groups -OCH3 is 1. The fourth-order valence-electron chi connectivity index (χ4n) is 3.61. The van der Waals surface area contributed by atoms with Crippen molar-refractivity contribution in [3.8, 4) is 28.6 Å². The molecule has 0 bridgehead atoms. The van der Waals surface area contributed by atoms with Gasteiger partial charge in [0.15, 0.2) is 5.58 Å². The highest BCUT2D eigenvalue weighted by Gasteiger charge is 2.22. The number of oxazole rings is 1. The smallest absolute Gasteiger partial charge is 0.253 e. The van der Waals surface area contributed by atoms with E-state index in [0.717, 1.165) is 42.6 Å². The molecule has 0 unspecified atom stereocenters. The third-order valence-corrected chi connectivity index (χ3v) is 5.19. The fraction of sp³-hybridized carbons (Fsp3) is 0.227. The molecule has 146 valence electrons.